The molecular weight excluding hydrogens is 396 g/mol. The average molecular weight is 427 g/mol. The summed E-state index contributed by atoms with van der Waals surface area (Å²) in [5.74, 6) is 1.26. The number of hydrogen-bond acceptors (Lipinski definition) is 7. The van der Waals surface area contributed by atoms with Crippen LogP contribution in [-0.4, -0.2) is 81.4 Å². The third-order valence-electron chi connectivity index (χ3n) is 6.12. The summed E-state index contributed by atoms with van der Waals surface area (Å²) in [6.07, 6.45) is 4.97. The number of pyridine rings is 1. The van der Waals surface area contributed by atoms with Gasteiger partial charge in [-0.1, -0.05) is 12.1 Å². The van der Waals surface area contributed by atoms with Crippen molar-refractivity contribution >= 4 is 11.8 Å². The van der Waals surface area contributed by atoms with Gasteiger partial charge in [-0.25, -0.2) is 0 Å². The molecular formula is C22H30N6O3. The zero-order valence-electron chi connectivity index (χ0n) is 18.3. The summed E-state index contributed by atoms with van der Waals surface area (Å²) in [7, 11) is 2.07. The molecule has 0 aromatic carbocycles. The maximum Gasteiger partial charge on any atom is 0.255 e. The van der Waals surface area contributed by atoms with Gasteiger partial charge in [-0.3, -0.25) is 14.6 Å². The third-order valence-corrected chi connectivity index (χ3v) is 6.12. The zero-order chi connectivity index (χ0) is 21.8. The van der Waals surface area contributed by atoms with Crippen LogP contribution in [0.3, 0.4) is 0 Å². The Morgan fingerprint density at radius 2 is 1.97 bits per heavy atom. The molecule has 0 saturated carbocycles. The van der Waals surface area contributed by atoms with Gasteiger partial charge in [0.25, 0.3) is 5.91 Å². The quantitative estimate of drug-likeness (QED) is 0.694. The normalized spacial score (nSPS) is 19.7. The first-order chi connectivity index (χ1) is 15.0. The molecule has 0 radical (unpaired) electrons. The number of aryl methyl sites for hydroxylation is 2. The fourth-order valence-electron chi connectivity index (χ4n) is 4.19. The van der Waals surface area contributed by atoms with E-state index in [2.05, 4.69) is 27.1 Å². The Bertz CT molecular complexity index is 904. The van der Waals surface area contributed by atoms with E-state index in [1.807, 2.05) is 28.9 Å². The second kappa shape index (κ2) is 9.55. The van der Waals surface area contributed by atoms with Crippen molar-refractivity contribution in [2.45, 2.75) is 45.1 Å². The standard InChI is InChI=1S/C22H30N6O3/c1-3-19-24-20(31-25-19)8-9-21(29)28-10-4-5-18(28)17-7-6-16(15-23-17)22(30)27-13-11-26(2)12-14-27/h6-7,15,18H,3-5,8-14H2,1-2H3/t18-/m0/s1. The minimum absolute atomic E-state index is 0.0255. The lowest BCUT2D eigenvalue weighted by Gasteiger charge is -2.32. The van der Waals surface area contributed by atoms with E-state index in [-0.39, 0.29) is 17.9 Å². The highest BCUT2D eigenvalue weighted by Gasteiger charge is 2.31. The number of nitrogens with zero attached hydrogens (tertiary/aromatic N) is 6. The summed E-state index contributed by atoms with van der Waals surface area (Å²) in [5, 5.41) is 3.88. The minimum atomic E-state index is -0.0471. The van der Waals surface area contributed by atoms with Gasteiger partial charge in [0.1, 0.15) is 0 Å². The predicted molar refractivity (Wildman–Crippen MR) is 113 cm³/mol. The van der Waals surface area contributed by atoms with E-state index in [1.165, 1.54) is 0 Å². The number of piperazine rings is 1. The van der Waals surface area contributed by atoms with Crippen molar-refractivity contribution in [3.05, 3.63) is 41.3 Å². The van der Waals surface area contributed by atoms with Gasteiger partial charge in [0.05, 0.1) is 17.3 Å². The molecule has 0 aliphatic carbocycles. The second-order valence-electron chi connectivity index (χ2n) is 8.27. The van der Waals surface area contributed by atoms with Crippen molar-refractivity contribution in [1.29, 1.82) is 0 Å². The SMILES string of the molecule is CCc1noc(CCC(=O)N2CCC[C@H]2c2ccc(C(=O)N3CCN(C)CC3)cn2)n1. The first-order valence-corrected chi connectivity index (χ1v) is 11.1. The molecule has 2 aliphatic rings. The smallest absolute Gasteiger partial charge is 0.255 e. The summed E-state index contributed by atoms with van der Waals surface area (Å²) < 4.78 is 5.19. The number of rotatable bonds is 6. The van der Waals surface area contributed by atoms with E-state index in [1.54, 1.807) is 6.20 Å². The fraction of sp³-hybridized carbons (Fsp3) is 0.591. The lowest BCUT2D eigenvalue weighted by molar-refractivity contribution is -0.132. The minimum Gasteiger partial charge on any atom is -0.339 e. The Labute approximate surface area is 182 Å². The summed E-state index contributed by atoms with van der Waals surface area (Å²) in [4.78, 5) is 40.4. The second-order valence-corrected chi connectivity index (χ2v) is 8.27. The van der Waals surface area contributed by atoms with Crippen LogP contribution < -0.4 is 0 Å². The molecule has 4 heterocycles. The van der Waals surface area contributed by atoms with E-state index in [0.717, 1.165) is 51.3 Å². The number of aromatic nitrogens is 3. The van der Waals surface area contributed by atoms with Gasteiger partial charge >= 0.3 is 0 Å². The van der Waals surface area contributed by atoms with Crippen LogP contribution in [0.4, 0.5) is 0 Å². The Morgan fingerprint density at radius 3 is 2.65 bits per heavy atom. The molecule has 2 aromatic heterocycles. The van der Waals surface area contributed by atoms with Crippen molar-refractivity contribution < 1.29 is 14.1 Å². The lowest BCUT2D eigenvalue weighted by atomic mass is 10.1. The van der Waals surface area contributed by atoms with Gasteiger partial charge in [-0.2, -0.15) is 4.98 Å². The fourth-order valence-corrected chi connectivity index (χ4v) is 4.19. The van der Waals surface area contributed by atoms with Crippen molar-refractivity contribution in [3.8, 4) is 0 Å². The molecule has 166 valence electrons. The van der Waals surface area contributed by atoms with Gasteiger partial charge in [0.2, 0.25) is 11.8 Å². The van der Waals surface area contributed by atoms with Crippen molar-refractivity contribution in [1.82, 2.24) is 29.8 Å². The van der Waals surface area contributed by atoms with Crippen LogP contribution in [0.2, 0.25) is 0 Å². The van der Waals surface area contributed by atoms with Crippen molar-refractivity contribution in [3.63, 3.8) is 0 Å². The van der Waals surface area contributed by atoms with Crippen LogP contribution in [0.1, 0.15) is 60.0 Å². The molecule has 0 spiro atoms. The summed E-state index contributed by atoms with van der Waals surface area (Å²) in [5.41, 5.74) is 1.44. The Hall–Kier alpha value is -2.81. The zero-order valence-corrected chi connectivity index (χ0v) is 18.3. The molecule has 4 rings (SSSR count). The molecule has 0 unspecified atom stereocenters. The molecule has 2 saturated heterocycles. The predicted octanol–water partition coefficient (Wildman–Crippen LogP) is 1.71. The molecule has 2 aliphatic heterocycles. The average Bonchev–Trinajstić information content (AvgIpc) is 3.47. The topological polar surface area (TPSA) is 95.7 Å². The maximum atomic E-state index is 12.8. The summed E-state index contributed by atoms with van der Waals surface area (Å²) >= 11 is 0. The van der Waals surface area contributed by atoms with Crippen molar-refractivity contribution in [2.24, 2.45) is 0 Å². The Morgan fingerprint density at radius 1 is 1.16 bits per heavy atom. The molecule has 31 heavy (non-hydrogen) atoms. The molecule has 0 N–H and O–H groups in total. The maximum absolute atomic E-state index is 12.8. The monoisotopic (exact) mass is 426 g/mol. The molecule has 9 heteroatoms. The molecule has 2 fully saturated rings. The Kier molecular flexibility index (Phi) is 6.60. The summed E-state index contributed by atoms with van der Waals surface area (Å²) in [6, 6.07) is 3.69. The van der Waals surface area contributed by atoms with E-state index in [4.69, 9.17) is 4.52 Å². The number of amides is 2. The van der Waals surface area contributed by atoms with E-state index >= 15 is 0 Å². The van der Waals surface area contributed by atoms with E-state index in [0.29, 0.717) is 36.5 Å². The molecule has 9 nitrogen and oxygen atoms in total. The Balaban J connectivity index is 1.36. The van der Waals surface area contributed by atoms with Crippen LogP contribution in [0.25, 0.3) is 0 Å². The molecule has 1 atom stereocenters. The first kappa shape index (κ1) is 21.4. The van der Waals surface area contributed by atoms with E-state index < -0.39 is 0 Å². The number of carbonyl (C=O) groups excluding carboxylic acids is 2. The third kappa shape index (κ3) is 4.92. The van der Waals surface area contributed by atoms with Crippen molar-refractivity contribution in [2.75, 3.05) is 39.8 Å². The van der Waals surface area contributed by atoms with Crippen LogP contribution in [-0.2, 0) is 17.6 Å². The largest absolute Gasteiger partial charge is 0.339 e. The molecule has 2 amide bonds. The van der Waals surface area contributed by atoms with Crippen LogP contribution in [0, 0.1) is 0 Å². The van der Waals surface area contributed by atoms with E-state index in [9.17, 15) is 9.59 Å². The number of hydrogen-bond donors (Lipinski definition) is 0. The van der Waals surface area contributed by atoms with Gasteiger partial charge in [-0.15, -0.1) is 0 Å². The number of likely N-dealkylation sites (tertiary alicyclic amines) is 1. The van der Waals surface area contributed by atoms with Gasteiger partial charge in [-0.05, 0) is 32.0 Å². The van der Waals surface area contributed by atoms with Crippen LogP contribution in [0.15, 0.2) is 22.9 Å². The number of carbonyl (C=O) groups is 2. The van der Waals surface area contributed by atoms with Gasteiger partial charge in [0.15, 0.2) is 5.82 Å². The summed E-state index contributed by atoms with van der Waals surface area (Å²) in [6.45, 7) is 5.94. The molecule has 2 aromatic rings. The van der Waals surface area contributed by atoms with Crippen LogP contribution >= 0.6 is 0 Å². The highest BCUT2D eigenvalue weighted by Crippen LogP contribution is 2.31. The first-order valence-electron chi connectivity index (χ1n) is 11.1. The number of likely N-dealkylation sites (N-methyl/N-ethyl adjacent to an activating group) is 1. The van der Waals surface area contributed by atoms with Gasteiger partial charge < -0.3 is 19.2 Å². The molecule has 0 bridgehead atoms. The lowest BCUT2D eigenvalue weighted by Crippen LogP contribution is -2.47. The highest BCUT2D eigenvalue weighted by molar-refractivity contribution is 5.94. The van der Waals surface area contributed by atoms with Gasteiger partial charge in [0, 0.05) is 58.2 Å². The highest BCUT2D eigenvalue weighted by atomic mass is 16.5. The van der Waals surface area contributed by atoms with Crippen LogP contribution in [0.5, 0.6) is 0 Å².